The zero-order valence-corrected chi connectivity index (χ0v) is 10.2. The molecule has 0 aliphatic rings. The van der Waals surface area contributed by atoms with Crippen molar-refractivity contribution < 1.29 is 27.2 Å². The van der Waals surface area contributed by atoms with Gasteiger partial charge < -0.3 is 4.90 Å². The molecule has 0 aliphatic carbocycles. The summed E-state index contributed by atoms with van der Waals surface area (Å²) in [6.07, 6.45) is -5.07. The van der Waals surface area contributed by atoms with E-state index in [0.717, 1.165) is 26.1 Å². The van der Waals surface area contributed by atoms with Gasteiger partial charge in [-0.15, -0.1) is 0 Å². The first-order chi connectivity index (χ1) is 8.66. The van der Waals surface area contributed by atoms with Crippen molar-refractivity contribution in [2.45, 2.75) is 19.1 Å². The number of rotatable bonds is 3. The van der Waals surface area contributed by atoms with Gasteiger partial charge in [-0.2, -0.15) is 13.2 Å². The molecule has 0 aliphatic heterocycles. The second-order valence-electron chi connectivity index (χ2n) is 3.93. The molecule has 7 heteroatoms. The van der Waals surface area contributed by atoms with Gasteiger partial charge >= 0.3 is 12.1 Å². The van der Waals surface area contributed by atoms with Gasteiger partial charge in [0, 0.05) is 7.05 Å². The van der Waals surface area contributed by atoms with E-state index >= 15 is 0 Å². The third kappa shape index (κ3) is 3.30. The average molecular weight is 277 g/mol. The summed E-state index contributed by atoms with van der Waals surface area (Å²) in [5.41, 5.74) is -0.350. The van der Waals surface area contributed by atoms with Crippen LogP contribution in [0.3, 0.4) is 0 Å². The predicted molar refractivity (Wildman–Crippen MR) is 59.0 cm³/mol. The molecule has 1 rings (SSSR count). The number of halogens is 4. The van der Waals surface area contributed by atoms with Gasteiger partial charge in [0.15, 0.2) is 5.78 Å². The number of carbonyl (C=O) groups is 2. The smallest absolute Gasteiger partial charge is 0.328 e. The number of nitrogens with zero attached hydrogens (tertiary/aromatic N) is 1. The standard InChI is InChI=1S/C12H11F4NO2/c1-7(17(2)11(19)12(14,15)16)10(18)8-5-3-4-6-9(8)13/h3-7H,1-2H3. The molecule has 0 saturated heterocycles. The van der Waals surface area contributed by atoms with Crippen LogP contribution in [0.1, 0.15) is 17.3 Å². The summed E-state index contributed by atoms with van der Waals surface area (Å²) >= 11 is 0. The van der Waals surface area contributed by atoms with Crippen LogP contribution in [-0.2, 0) is 4.79 Å². The van der Waals surface area contributed by atoms with E-state index in [1.165, 1.54) is 12.1 Å². The van der Waals surface area contributed by atoms with Gasteiger partial charge in [0.05, 0.1) is 11.6 Å². The normalized spacial score (nSPS) is 12.9. The summed E-state index contributed by atoms with van der Waals surface area (Å²) in [4.78, 5) is 23.1. The SMILES string of the molecule is CC(C(=O)c1ccccc1F)N(C)C(=O)C(F)(F)F. The van der Waals surface area contributed by atoms with E-state index in [-0.39, 0.29) is 10.5 Å². The number of hydrogen-bond acceptors (Lipinski definition) is 2. The zero-order valence-electron chi connectivity index (χ0n) is 10.2. The van der Waals surface area contributed by atoms with Crippen LogP contribution in [0.4, 0.5) is 17.6 Å². The highest BCUT2D eigenvalue weighted by Gasteiger charge is 2.43. The Hall–Kier alpha value is -1.92. The lowest BCUT2D eigenvalue weighted by Crippen LogP contribution is -2.46. The van der Waals surface area contributed by atoms with Crippen LogP contribution in [0.25, 0.3) is 0 Å². The van der Waals surface area contributed by atoms with Gasteiger partial charge in [0.1, 0.15) is 5.82 Å². The van der Waals surface area contributed by atoms with Crippen molar-refractivity contribution in [2.24, 2.45) is 0 Å². The molecule has 3 nitrogen and oxygen atoms in total. The highest BCUT2D eigenvalue weighted by atomic mass is 19.4. The second kappa shape index (κ2) is 5.38. The monoisotopic (exact) mass is 277 g/mol. The topological polar surface area (TPSA) is 37.4 Å². The molecule has 0 aromatic heterocycles. The van der Waals surface area contributed by atoms with Crippen molar-refractivity contribution in [3.63, 3.8) is 0 Å². The number of benzene rings is 1. The van der Waals surface area contributed by atoms with Crippen LogP contribution in [0, 0.1) is 5.82 Å². The Morgan fingerprint density at radius 3 is 2.21 bits per heavy atom. The Morgan fingerprint density at radius 2 is 1.74 bits per heavy atom. The van der Waals surface area contributed by atoms with E-state index in [9.17, 15) is 27.2 Å². The fourth-order valence-electron chi connectivity index (χ4n) is 1.44. The van der Waals surface area contributed by atoms with Crippen LogP contribution < -0.4 is 0 Å². The maximum absolute atomic E-state index is 13.4. The van der Waals surface area contributed by atoms with E-state index in [1.807, 2.05) is 0 Å². The van der Waals surface area contributed by atoms with Gasteiger partial charge in [-0.1, -0.05) is 12.1 Å². The molecule has 0 fully saturated rings. The van der Waals surface area contributed by atoms with Crippen LogP contribution in [0.2, 0.25) is 0 Å². The van der Waals surface area contributed by atoms with Crippen LogP contribution in [0.5, 0.6) is 0 Å². The van der Waals surface area contributed by atoms with Crippen molar-refractivity contribution in [3.8, 4) is 0 Å². The van der Waals surface area contributed by atoms with Crippen molar-refractivity contribution >= 4 is 11.7 Å². The van der Waals surface area contributed by atoms with Gasteiger partial charge in [0.2, 0.25) is 0 Å². The average Bonchev–Trinajstić information content (AvgIpc) is 2.34. The van der Waals surface area contributed by atoms with E-state index in [1.54, 1.807) is 0 Å². The molecule has 1 atom stereocenters. The third-order valence-corrected chi connectivity index (χ3v) is 2.66. The summed E-state index contributed by atoms with van der Waals surface area (Å²) < 4.78 is 50.0. The molecule has 1 aromatic carbocycles. The first-order valence-corrected chi connectivity index (χ1v) is 5.29. The summed E-state index contributed by atoms with van der Waals surface area (Å²) in [7, 11) is 0.846. The van der Waals surface area contributed by atoms with Crippen molar-refractivity contribution in [1.29, 1.82) is 0 Å². The highest BCUT2D eigenvalue weighted by Crippen LogP contribution is 2.20. The van der Waals surface area contributed by atoms with Crippen molar-refractivity contribution in [3.05, 3.63) is 35.6 Å². The summed E-state index contributed by atoms with van der Waals surface area (Å²) in [6.45, 7) is 1.11. The number of Topliss-reactive ketones (excluding diaryl/α,β-unsaturated/α-hetero) is 1. The molecule has 0 N–H and O–H groups in total. The number of likely N-dealkylation sites (N-methyl/N-ethyl adjacent to an activating group) is 1. The Balaban J connectivity index is 2.95. The molecule has 0 spiro atoms. The largest absolute Gasteiger partial charge is 0.471 e. The van der Waals surface area contributed by atoms with Gasteiger partial charge in [-0.25, -0.2) is 4.39 Å². The van der Waals surface area contributed by atoms with Gasteiger partial charge in [-0.05, 0) is 19.1 Å². The lowest BCUT2D eigenvalue weighted by Gasteiger charge is -2.24. The summed E-state index contributed by atoms with van der Waals surface area (Å²) in [6, 6.07) is 3.49. The minimum atomic E-state index is -5.07. The molecule has 0 saturated carbocycles. The molecule has 19 heavy (non-hydrogen) atoms. The number of ketones is 1. The minimum absolute atomic E-state index is 0.245. The quantitative estimate of drug-likeness (QED) is 0.628. The minimum Gasteiger partial charge on any atom is -0.328 e. The van der Waals surface area contributed by atoms with E-state index in [4.69, 9.17) is 0 Å². The molecular formula is C12H11F4NO2. The van der Waals surface area contributed by atoms with E-state index in [0.29, 0.717) is 0 Å². The molecule has 0 heterocycles. The summed E-state index contributed by atoms with van der Waals surface area (Å²) in [5, 5.41) is 0. The number of hydrogen-bond donors (Lipinski definition) is 0. The molecule has 1 aromatic rings. The van der Waals surface area contributed by atoms with Crippen molar-refractivity contribution in [2.75, 3.05) is 7.05 Å². The first-order valence-electron chi connectivity index (χ1n) is 5.29. The third-order valence-electron chi connectivity index (χ3n) is 2.66. The molecule has 0 bridgehead atoms. The van der Waals surface area contributed by atoms with Crippen LogP contribution in [-0.4, -0.2) is 35.9 Å². The molecule has 0 radical (unpaired) electrons. The van der Waals surface area contributed by atoms with Crippen LogP contribution >= 0.6 is 0 Å². The Bertz CT molecular complexity index is 499. The maximum atomic E-state index is 13.4. The van der Waals surface area contributed by atoms with Gasteiger partial charge in [-0.3, -0.25) is 9.59 Å². The van der Waals surface area contributed by atoms with Gasteiger partial charge in [0.25, 0.3) is 0 Å². The zero-order chi connectivity index (χ0) is 14.8. The fourth-order valence-corrected chi connectivity index (χ4v) is 1.44. The second-order valence-corrected chi connectivity index (χ2v) is 3.93. The molecule has 1 unspecified atom stereocenters. The maximum Gasteiger partial charge on any atom is 0.471 e. The van der Waals surface area contributed by atoms with Crippen LogP contribution in [0.15, 0.2) is 24.3 Å². The van der Waals surface area contributed by atoms with E-state index in [2.05, 4.69) is 0 Å². The number of alkyl halides is 3. The lowest BCUT2D eigenvalue weighted by molar-refractivity contribution is -0.185. The Labute approximate surface area is 106 Å². The fraction of sp³-hybridized carbons (Fsp3) is 0.333. The lowest BCUT2D eigenvalue weighted by atomic mass is 10.0. The number of amides is 1. The number of carbonyl (C=O) groups excluding carboxylic acids is 2. The molecular weight excluding hydrogens is 266 g/mol. The summed E-state index contributed by atoms with van der Waals surface area (Å²) in [5.74, 6) is -3.88. The van der Waals surface area contributed by atoms with E-state index < -0.39 is 29.7 Å². The molecule has 1 amide bonds. The first kappa shape index (κ1) is 15.1. The predicted octanol–water partition coefficient (Wildman–Crippen LogP) is 2.42. The highest BCUT2D eigenvalue weighted by molar-refractivity contribution is 6.02. The van der Waals surface area contributed by atoms with Crippen molar-refractivity contribution in [1.82, 2.24) is 4.90 Å². The Morgan fingerprint density at radius 1 is 1.21 bits per heavy atom. The molecule has 104 valence electrons. The Kier molecular flexibility index (Phi) is 4.28.